The Balaban J connectivity index is 2.00. The Hall–Kier alpha value is -0.350. The average molecular weight is 274 g/mol. The van der Waals surface area contributed by atoms with E-state index in [4.69, 9.17) is 0 Å². The van der Waals surface area contributed by atoms with Gasteiger partial charge in [0, 0.05) is 0 Å². The SMILES string of the molecule is Cc1cc(C)cc(P2C[C@@H](C)[C@@H]3CCC(C)(C)[C@@H]32)c1. The zero-order valence-corrected chi connectivity index (χ0v) is 13.9. The third-order valence-electron chi connectivity index (χ3n) is 5.42. The monoisotopic (exact) mass is 274 g/mol. The van der Waals surface area contributed by atoms with E-state index < -0.39 is 0 Å². The van der Waals surface area contributed by atoms with Crippen LogP contribution in [0, 0.1) is 31.1 Å². The number of benzene rings is 1. The minimum Gasteiger partial charge on any atom is -0.0710 e. The van der Waals surface area contributed by atoms with Crippen molar-refractivity contribution in [3.05, 3.63) is 29.3 Å². The molecule has 1 aliphatic heterocycles. The molecule has 0 aromatic heterocycles. The van der Waals surface area contributed by atoms with E-state index in [1.165, 1.54) is 30.1 Å². The first-order valence-corrected chi connectivity index (χ1v) is 9.33. The summed E-state index contributed by atoms with van der Waals surface area (Å²) in [7, 11) is 0.0597. The van der Waals surface area contributed by atoms with Gasteiger partial charge in [0.2, 0.25) is 0 Å². The van der Waals surface area contributed by atoms with E-state index in [0.717, 1.165) is 17.5 Å². The molecule has 1 aromatic rings. The Labute approximate surface area is 119 Å². The summed E-state index contributed by atoms with van der Waals surface area (Å²) < 4.78 is 0. The normalized spacial score (nSPS) is 36.5. The van der Waals surface area contributed by atoms with Crippen LogP contribution in [0.2, 0.25) is 0 Å². The third-order valence-corrected chi connectivity index (χ3v) is 9.06. The summed E-state index contributed by atoms with van der Waals surface area (Å²) in [5.74, 6) is 1.95. The quantitative estimate of drug-likeness (QED) is 0.641. The fraction of sp³-hybridized carbons (Fsp3) is 0.667. The Kier molecular flexibility index (Phi) is 3.29. The predicted octanol–water partition coefficient (Wildman–Crippen LogP) is 4.87. The summed E-state index contributed by atoms with van der Waals surface area (Å²) in [6.45, 7) is 12.1. The van der Waals surface area contributed by atoms with Gasteiger partial charge in [-0.05, 0) is 61.1 Å². The van der Waals surface area contributed by atoms with Crippen molar-refractivity contribution in [2.45, 2.75) is 53.1 Å². The predicted molar refractivity (Wildman–Crippen MR) is 86.8 cm³/mol. The molecule has 1 saturated heterocycles. The molecule has 1 unspecified atom stereocenters. The van der Waals surface area contributed by atoms with Crippen LogP contribution in [-0.4, -0.2) is 11.8 Å². The highest BCUT2D eigenvalue weighted by Crippen LogP contribution is 2.66. The Bertz CT molecular complexity index is 468. The molecule has 1 saturated carbocycles. The van der Waals surface area contributed by atoms with Crippen molar-refractivity contribution < 1.29 is 0 Å². The molecule has 19 heavy (non-hydrogen) atoms. The minimum atomic E-state index is 0.0597. The fourth-order valence-electron chi connectivity index (χ4n) is 4.61. The number of hydrogen-bond donors (Lipinski definition) is 0. The number of fused-ring (bicyclic) bond motifs is 1. The van der Waals surface area contributed by atoms with Gasteiger partial charge < -0.3 is 0 Å². The molecule has 1 heterocycles. The molecule has 0 amide bonds. The molecule has 2 fully saturated rings. The summed E-state index contributed by atoms with van der Waals surface area (Å²) in [6.07, 6.45) is 4.38. The molecule has 0 N–H and O–H groups in total. The van der Waals surface area contributed by atoms with Crippen molar-refractivity contribution in [2.24, 2.45) is 17.3 Å². The maximum atomic E-state index is 2.52. The van der Waals surface area contributed by atoms with Crippen LogP contribution in [0.15, 0.2) is 18.2 Å². The molecule has 2 aliphatic rings. The molecule has 0 nitrogen and oxygen atoms in total. The van der Waals surface area contributed by atoms with Crippen LogP contribution in [0.5, 0.6) is 0 Å². The van der Waals surface area contributed by atoms with Crippen LogP contribution < -0.4 is 5.30 Å². The van der Waals surface area contributed by atoms with Crippen molar-refractivity contribution in [1.82, 2.24) is 0 Å². The molecule has 0 bridgehead atoms. The lowest BCUT2D eigenvalue weighted by atomic mass is 9.87. The second-order valence-corrected chi connectivity index (χ2v) is 9.99. The summed E-state index contributed by atoms with van der Waals surface area (Å²) >= 11 is 0. The highest BCUT2D eigenvalue weighted by atomic mass is 31.1. The van der Waals surface area contributed by atoms with Crippen LogP contribution in [-0.2, 0) is 0 Å². The molecule has 1 aromatic carbocycles. The Morgan fingerprint density at radius 2 is 1.74 bits per heavy atom. The van der Waals surface area contributed by atoms with Crippen molar-refractivity contribution in [2.75, 3.05) is 6.16 Å². The first kappa shape index (κ1) is 13.6. The molecular weight excluding hydrogens is 247 g/mol. The standard InChI is InChI=1S/C18H27P/c1-12-8-13(2)10-15(9-12)19-11-14(3)16-6-7-18(4,5)17(16)19/h8-10,14,16-17H,6-7,11H2,1-5H3/t14-,16+,17-,19?/m1/s1. The number of hydrogen-bond acceptors (Lipinski definition) is 0. The lowest BCUT2D eigenvalue weighted by Crippen LogP contribution is -2.26. The van der Waals surface area contributed by atoms with Crippen molar-refractivity contribution in [3.63, 3.8) is 0 Å². The molecule has 1 heteroatoms. The van der Waals surface area contributed by atoms with Gasteiger partial charge in [-0.1, -0.05) is 58.0 Å². The van der Waals surface area contributed by atoms with Crippen LogP contribution in [0.3, 0.4) is 0 Å². The first-order valence-electron chi connectivity index (χ1n) is 7.73. The maximum Gasteiger partial charge on any atom is -0.00865 e. The Morgan fingerprint density at radius 3 is 2.37 bits per heavy atom. The Morgan fingerprint density at radius 1 is 1.11 bits per heavy atom. The molecule has 104 valence electrons. The van der Waals surface area contributed by atoms with E-state index in [1.807, 2.05) is 0 Å². The summed E-state index contributed by atoms with van der Waals surface area (Å²) in [6, 6.07) is 7.26. The van der Waals surface area contributed by atoms with Gasteiger partial charge in [0.1, 0.15) is 0 Å². The molecule has 0 spiro atoms. The third kappa shape index (κ3) is 2.27. The molecule has 4 atom stereocenters. The first-order chi connectivity index (χ1) is 8.88. The van der Waals surface area contributed by atoms with E-state index in [1.54, 1.807) is 5.30 Å². The van der Waals surface area contributed by atoms with Crippen LogP contribution in [0.4, 0.5) is 0 Å². The average Bonchev–Trinajstić information content (AvgIpc) is 2.78. The summed E-state index contributed by atoms with van der Waals surface area (Å²) in [5.41, 5.74) is 4.44. The van der Waals surface area contributed by atoms with E-state index in [2.05, 4.69) is 52.8 Å². The molecule has 3 rings (SSSR count). The summed E-state index contributed by atoms with van der Waals surface area (Å²) in [5, 5.41) is 1.68. The molecule has 0 radical (unpaired) electrons. The van der Waals surface area contributed by atoms with Crippen LogP contribution in [0.25, 0.3) is 0 Å². The van der Waals surface area contributed by atoms with Crippen molar-refractivity contribution in [1.29, 1.82) is 0 Å². The van der Waals surface area contributed by atoms with E-state index in [9.17, 15) is 0 Å². The maximum absolute atomic E-state index is 2.52. The second-order valence-electron chi connectivity index (χ2n) is 7.61. The van der Waals surface area contributed by atoms with Gasteiger partial charge in [0.15, 0.2) is 0 Å². The van der Waals surface area contributed by atoms with Gasteiger partial charge in [-0.3, -0.25) is 0 Å². The van der Waals surface area contributed by atoms with Crippen molar-refractivity contribution >= 4 is 13.2 Å². The van der Waals surface area contributed by atoms with Gasteiger partial charge in [-0.15, -0.1) is 0 Å². The smallest absolute Gasteiger partial charge is 0.00865 e. The van der Waals surface area contributed by atoms with Crippen LogP contribution >= 0.6 is 7.92 Å². The van der Waals surface area contributed by atoms with Gasteiger partial charge in [0.05, 0.1) is 0 Å². The summed E-state index contributed by atoms with van der Waals surface area (Å²) in [4.78, 5) is 0. The van der Waals surface area contributed by atoms with Crippen molar-refractivity contribution in [3.8, 4) is 0 Å². The van der Waals surface area contributed by atoms with E-state index in [-0.39, 0.29) is 7.92 Å². The fourth-order valence-corrected chi connectivity index (χ4v) is 8.88. The zero-order valence-electron chi connectivity index (χ0n) is 13.0. The topological polar surface area (TPSA) is 0 Å². The van der Waals surface area contributed by atoms with Gasteiger partial charge in [-0.2, -0.15) is 0 Å². The lowest BCUT2D eigenvalue weighted by Gasteiger charge is -2.33. The number of aryl methyl sites for hydroxylation is 2. The van der Waals surface area contributed by atoms with Gasteiger partial charge in [-0.25, -0.2) is 0 Å². The molecule has 1 aliphatic carbocycles. The number of rotatable bonds is 1. The minimum absolute atomic E-state index is 0.0597. The van der Waals surface area contributed by atoms with Crippen LogP contribution in [0.1, 0.15) is 44.7 Å². The zero-order chi connectivity index (χ0) is 13.8. The van der Waals surface area contributed by atoms with E-state index >= 15 is 0 Å². The second kappa shape index (κ2) is 4.59. The molecular formula is C18H27P. The van der Waals surface area contributed by atoms with Gasteiger partial charge in [0.25, 0.3) is 0 Å². The lowest BCUT2D eigenvalue weighted by molar-refractivity contribution is 0.356. The highest BCUT2D eigenvalue weighted by molar-refractivity contribution is 7.66. The van der Waals surface area contributed by atoms with E-state index in [0.29, 0.717) is 5.41 Å². The van der Waals surface area contributed by atoms with Gasteiger partial charge >= 0.3 is 0 Å². The largest absolute Gasteiger partial charge is 0.0710 e. The highest BCUT2D eigenvalue weighted by Gasteiger charge is 2.52.